The van der Waals surface area contributed by atoms with Gasteiger partial charge in [0, 0.05) is 25.0 Å². The van der Waals surface area contributed by atoms with Gasteiger partial charge >= 0.3 is 5.69 Å². The molecule has 0 radical (unpaired) electrons. The zero-order valence-electron chi connectivity index (χ0n) is 13.7. The van der Waals surface area contributed by atoms with Gasteiger partial charge in [0.1, 0.15) is 5.01 Å². The van der Waals surface area contributed by atoms with Crippen molar-refractivity contribution < 1.29 is 0 Å². The number of thiazole rings is 1. The van der Waals surface area contributed by atoms with Gasteiger partial charge < -0.3 is 0 Å². The van der Waals surface area contributed by atoms with E-state index in [4.69, 9.17) is 0 Å². The Morgan fingerprint density at radius 3 is 2.92 bits per heavy atom. The molecular weight excluding hydrogens is 354 g/mol. The maximum Gasteiger partial charge on any atom is 0.351 e. The van der Waals surface area contributed by atoms with Gasteiger partial charge in [-0.25, -0.2) is 9.78 Å². The zero-order valence-corrected chi connectivity index (χ0v) is 15.3. The van der Waals surface area contributed by atoms with Crippen molar-refractivity contribution in [1.29, 1.82) is 0 Å². The maximum absolute atomic E-state index is 12.5. The molecule has 0 saturated carbocycles. The van der Waals surface area contributed by atoms with E-state index in [1.54, 1.807) is 47.1 Å². The normalized spacial score (nSPS) is 11.3. The second-order valence-corrected chi connectivity index (χ2v) is 7.64. The molecule has 25 heavy (non-hydrogen) atoms. The van der Waals surface area contributed by atoms with Gasteiger partial charge in [-0.2, -0.15) is 4.68 Å². The Balaban J connectivity index is 1.80. The molecule has 0 fully saturated rings. The number of aromatic nitrogens is 5. The van der Waals surface area contributed by atoms with E-state index in [-0.39, 0.29) is 5.69 Å². The summed E-state index contributed by atoms with van der Waals surface area (Å²) < 4.78 is 4.03. The fourth-order valence-electron chi connectivity index (χ4n) is 2.50. The minimum Gasteiger partial charge on any atom is -0.273 e. The van der Waals surface area contributed by atoms with Crippen molar-refractivity contribution in [2.24, 2.45) is 7.05 Å². The van der Waals surface area contributed by atoms with Crippen molar-refractivity contribution in [3.8, 4) is 16.3 Å². The summed E-state index contributed by atoms with van der Waals surface area (Å²) in [7, 11) is 1.75. The van der Waals surface area contributed by atoms with E-state index < -0.39 is 0 Å². The Hall–Kier alpha value is -2.45. The number of rotatable bonds is 4. The summed E-state index contributed by atoms with van der Waals surface area (Å²) in [6.45, 7) is 2.04. The second kappa shape index (κ2) is 6.45. The lowest BCUT2D eigenvalue weighted by Gasteiger charge is -1.98. The Morgan fingerprint density at radius 1 is 1.28 bits per heavy atom. The minimum absolute atomic E-state index is 0.146. The van der Waals surface area contributed by atoms with Crippen LogP contribution in [0.3, 0.4) is 0 Å². The number of thioether (sulfide) groups is 1. The summed E-state index contributed by atoms with van der Waals surface area (Å²) in [5.74, 6) is 0.868. The van der Waals surface area contributed by atoms with Crippen molar-refractivity contribution in [3.63, 3.8) is 0 Å². The van der Waals surface area contributed by atoms with E-state index in [9.17, 15) is 4.79 Å². The molecule has 0 aliphatic heterocycles. The number of nitrogens with zero attached hydrogens (tertiary/aromatic N) is 5. The van der Waals surface area contributed by atoms with Crippen LogP contribution in [0.5, 0.6) is 0 Å². The number of hydrogen-bond donors (Lipinski definition) is 0. The highest BCUT2D eigenvalue weighted by Gasteiger charge is 2.13. The molecule has 0 unspecified atom stereocenters. The summed E-state index contributed by atoms with van der Waals surface area (Å²) in [6.07, 6.45) is 3.55. The number of benzene rings is 1. The molecule has 126 valence electrons. The molecule has 0 saturated heterocycles. The Kier molecular flexibility index (Phi) is 4.14. The maximum atomic E-state index is 12.5. The van der Waals surface area contributed by atoms with E-state index in [0.717, 1.165) is 32.2 Å². The van der Waals surface area contributed by atoms with Crippen molar-refractivity contribution in [2.75, 3.05) is 5.75 Å². The fraction of sp³-hybridized carbons (Fsp3) is 0.176. The van der Waals surface area contributed by atoms with Gasteiger partial charge in [-0.1, -0.05) is 18.7 Å². The van der Waals surface area contributed by atoms with Crippen LogP contribution >= 0.6 is 23.1 Å². The highest BCUT2D eigenvalue weighted by atomic mass is 32.2. The fourth-order valence-corrected chi connectivity index (χ4v) is 4.16. The van der Waals surface area contributed by atoms with Crippen LogP contribution in [0.1, 0.15) is 6.92 Å². The SMILES string of the molecule is CCSc1nn(-c2ccc3nc(-c4cccnc4)sc3c2)c(=O)n1C. The van der Waals surface area contributed by atoms with Crippen LogP contribution in [-0.4, -0.2) is 30.1 Å². The van der Waals surface area contributed by atoms with Crippen LogP contribution in [0.4, 0.5) is 0 Å². The first kappa shape index (κ1) is 16.0. The van der Waals surface area contributed by atoms with Crippen molar-refractivity contribution in [3.05, 3.63) is 53.2 Å². The van der Waals surface area contributed by atoms with E-state index in [0.29, 0.717) is 5.16 Å². The third-order valence-corrected chi connectivity index (χ3v) is 5.71. The summed E-state index contributed by atoms with van der Waals surface area (Å²) in [4.78, 5) is 21.3. The quantitative estimate of drug-likeness (QED) is 0.516. The molecule has 3 aromatic heterocycles. The van der Waals surface area contributed by atoms with Crippen molar-refractivity contribution in [2.45, 2.75) is 12.1 Å². The average molecular weight is 369 g/mol. The molecule has 4 aromatic rings. The Labute approximate surface area is 152 Å². The molecular formula is C17H15N5OS2. The van der Waals surface area contributed by atoms with Crippen LogP contribution in [0, 0.1) is 0 Å². The van der Waals surface area contributed by atoms with Gasteiger partial charge in [0.25, 0.3) is 0 Å². The van der Waals surface area contributed by atoms with Gasteiger partial charge in [0.05, 0.1) is 15.9 Å². The largest absolute Gasteiger partial charge is 0.351 e. The molecule has 0 N–H and O–H groups in total. The van der Waals surface area contributed by atoms with E-state index in [1.165, 1.54) is 4.68 Å². The lowest BCUT2D eigenvalue weighted by molar-refractivity contribution is 0.765. The van der Waals surface area contributed by atoms with Crippen LogP contribution in [0.2, 0.25) is 0 Å². The topological polar surface area (TPSA) is 65.6 Å². The summed E-state index contributed by atoms with van der Waals surface area (Å²) in [5.41, 5.74) is 2.49. The molecule has 0 aliphatic carbocycles. The molecule has 8 heteroatoms. The molecule has 0 aliphatic rings. The van der Waals surface area contributed by atoms with Gasteiger partial charge in [0.2, 0.25) is 0 Å². The molecule has 0 amide bonds. The van der Waals surface area contributed by atoms with Crippen molar-refractivity contribution >= 4 is 33.3 Å². The first-order valence-electron chi connectivity index (χ1n) is 7.77. The average Bonchev–Trinajstić information content (AvgIpc) is 3.19. The zero-order chi connectivity index (χ0) is 17.4. The van der Waals surface area contributed by atoms with Crippen LogP contribution in [-0.2, 0) is 7.05 Å². The van der Waals surface area contributed by atoms with Crippen molar-refractivity contribution in [1.82, 2.24) is 24.3 Å². The monoisotopic (exact) mass is 369 g/mol. The molecule has 6 nitrogen and oxygen atoms in total. The molecule has 0 bridgehead atoms. The van der Waals surface area contributed by atoms with Crippen LogP contribution < -0.4 is 5.69 Å². The number of hydrogen-bond acceptors (Lipinski definition) is 6. The molecule has 4 rings (SSSR count). The van der Waals surface area contributed by atoms with Crippen LogP contribution in [0.25, 0.3) is 26.5 Å². The smallest absolute Gasteiger partial charge is 0.273 e. The summed E-state index contributed by atoms with van der Waals surface area (Å²) in [6, 6.07) is 9.65. The Morgan fingerprint density at radius 2 is 2.16 bits per heavy atom. The third-order valence-electron chi connectivity index (χ3n) is 3.74. The van der Waals surface area contributed by atoms with Gasteiger partial charge in [0.15, 0.2) is 5.16 Å². The highest BCUT2D eigenvalue weighted by Crippen LogP contribution is 2.30. The van der Waals surface area contributed by atoms with Gasteiger partial charge in [-0.15, -0.1) is 16.4 Å². The predicted octanol–water partition coefficient (Wildman–Crippen LogP) is 3.35. The van der Waals surface area contributed by atoms with E-state index in [1.807, 2.05) is 37.3 Å². The van der Waals surface area contributed by atoms with Gasteiger partial charge in [-0.05, 0) is 36.1 Å². The summed E-state index contributed by atoms with van der Waals surface area (Å²) in [5, 5.41) is 6.07. The first-order chi connectivity index (χ1) is 12.2. The van der Waals surface area contributed by atoms with E-state index in [2.05, 4.69) is 15.1 Å². The number of fused-ring (bicyclic) bond motifs is 1. The van der Waals surface area contributed by atoms with Gasteiger partial charge in [-0.3, -0.25) is 9.55 Å². The molecule has 0 atom stereocenters. The number of pyridine rings is 1. The molecule has 1 aromatic carbocycles. The second-order valence-electron chi connectivity index (χ2n) is 5.38. The minimum atomic E-state index is -0.146. The standard InChI is InChI=1S/C17H15N5OS2/c1-3-24-16-20-22(17(23)21(16)2)12-6-7-13-14(9-12)25-15(19-13)11-5-4-8-18-10-11/h4-10H,3H2,1-2H3. The lowest BCUT2D eigenvalue weighted by atomic mass is 10.3. The van der Waals surface area contributed by atoms with E-state index >= 15 is 0 Å². The van der Waals surface area contributed by atoms with Crippen LogP contribution in [0.15, 0.2) is 52.7 Å². The molecule has 0 spiro atoms. The highest BCUT2D eigenvalue weighted by molar-refractivity contribution is 7.99. The molecule has 3 heterocycles. The first-order valence-corrected chi connectivity index (χ1v) is 9.58. The summed E-state index contributed by atoms with van der Waals surface area (Å²) >= 11 is 3.13. The Bertz CT molecular complexity index is 1100. The lowest BCUT2D eigenvalue weighted by Crippen LogP contribution is -2.21. The third kappa shape index (κ3) is 2.87. The predicted molar refractivity (Wildman–Crippen MR) is 102 cm³/mol.